The van der Waals surface area contributed by atoms with Crippen molar-refractivity contribution in [1.29, 1.82) is 0 Å². The number of aromatic nitrogens is 3. The first-order chi connectivity index (χ1) is 9.47. The van der Waals surface area contributed by atoms with Gasteiger partial charge < -0.3 is 16.0 Å². The molecule has 104 valence electrons. The maximum absolute atomic E-state index is 11.8. The molecule has 8 nitrogen and oxygen atoms in total. The Hall–Kier alpha value is -2.90. The number of hydrogen-bond acceptors (Lipinski definition) is 5. The zero-order valence-corrected chi connectivity index (χ0v) is 11.0. The SMILES string of the molecule is CN(C)C(=O)c1ccc(NC(=O)c2nc(N)n[nH]2)cc1. The van der Waals surface area contributed by atoms with E-state index in [9.17, 15) is 9.59 Å². The normalized spacial score (nSPS) is 10.1. The van der Waals surface area contributed by atoms with Gasteiger partial charge in [0.05, 0.1) is 0 Å². The topological polar surface area (TPSA) is 117 Å². The van der Waals surface area contributed by atoms with Crippen molar-refractivity contribution in [3.63, 3.8) is 0 Å². The van der Waals surface area contributed by atoms with Crippen molar-refractivity contribution in [3.05, 3.63) is 35.7 Å². The number of nitrogens with two attached hydrogens (primary N) is 1. The first kappa shape index (κ1) is 13.5. The average Bonchev–Trinajstić information content (AvgIpc) is 2.85. The van der Waals surface area contributed by atoms with E-state index in [0.29, 0.717) is 11.3 Å². The Labute approximate surface area is 115 Å². The molecule has 2 amide bonds. The summed E-state index contributed by atoms with van der Waals surface area (Å²) in [6.07, 6.45) is 0. The summed E-state index contributed by atoms with van der Waals surface area (Å²) in [7, 11) is 3.35. The first-order valence-electron chi connectivity index (χ1n) is 5.78. The number of nitrogen functional groups attached to an aromatic ring is 1. The Morgan fingerprint density at radius 3 is 2.40 bits per heavy atom. The van der Waals surface area contributed by atoms with Crippen LogP contribution in [0.4, 0.5) is 11.6 Å². The van der Waals surface area contributed by atoms with Crippen LogP contribution in [0.5, 0.6) is 0 Å². The molecule has 2 aromatic rings. The van der Waals surface area contributed by atoms with E-state index in [4.69, 9.17) is 5.73 Å². The summed E-state index contributed by atoms with van der Waals surface area (Å²) in [5, 5.41) is 8.59. The van der Waals surface area contributed by atoms with Crippen LogP contribution in [-0.2, 0) is 0 Å². The van der Waals surface area contributed by atoms with Crippen LogP contribution in [0.15, 0.2) is 24.3 Å². The van der Waals surface area contributed by atoms with Crippen molar-refractivity contribution in [1.82, 2.24) is 20.1 Å². The van der Waals surface area contributed by atoms with Gasteiger partial charge in [-0.3, -0.25) is 14.7 Å². The number of benzene rings is 1. The molecule has 0 spiro atoms. The van der Waals surface area contributed by atoms with Crippen LogP contribution in [0.25, 0.3) is 0 Å². The van der Waals surface area contributed by atoms with Gasteiger partial charge in [0.15, 0.2) is 0 Å². The molecule has 0 saturated heterocycles. The van der Waals surface area contributed by atoms with Crippen LogP contribution >= 0.6 is 0 Å². The molecule has 0 fully saturated rings. The molecule has 0 bridgehead atoms. The van der Waals surface area contributed by atoms with E-state index in [1.54, 1.807) is 38.4 Å². The number of nitrogens with zero attached hydrogens (tertiary/aromatic N) is 3. The summed E-state index contributed by atoms with van der Waals surface area (Å²) in [5.74, 6) is -0.537. The molecule has 4 N–H and O–H groups in total. The zero-order chi connectivity index (χ0) is 14.7. The molecule has 0 aliphatic rings. The fourth-order valence-corrected chi connectivity index (χ4v) is 1.52. The molecule has 0 aliphatic heterocycles. The number of aromatic amines is 1. The number of anilines is 2. The smallest absolute Gasteiger partial charge is 0.293 e. The number of carbonyl (C=O) groups excluding carboxylic acids is 2. The van der Waals surface area contributed by atoms with E-state index in [1.165, 1.54) is 4.90 Å². The Kier molecular flexibility index (Phi) is 3.65. The van der Waals surface area contributed by atoms with Crippen LogP contribution in [0, 0.1) is 0 Å². The molecule has 1 aromatic heterocycles. The lowest BCUT2D eigenvalue weighted by Crippen LogP contribution is -2.21. The van der Waals surface area contributed by atoms with Crippen molar-refractivity contribution in [3.8, 4) is 0 Å². The van der Waals surface area contributed by atoms with Crippen LogP contribution in [0.1, 0.15) is 21.0 Å². The van der Waals surface area contributed by atoms with Crippen LogP contribution in [-0.4, -0.2) is 46.0 Å². The van der Waals surface area contributed by atoms with Gasteiger partial charge in [-0.2, -0.15) is 4.98 Å². The Morgan fingerprint density at radius 2 is 1.90 bits per heavy atom. The van der Waals surface area contributed by atoms with Gasteiger partial charge in [-0.25, -0.2) is 0 Å². The quantitative estimate of drug-likeness (QED) is 0.746. The molecule has 1 aromatic carbocycles. The van der Waals surface area contributed by atoms with Crippen molar-refractivity contribution >= 4 is 23.5 Å². The highest BCUT2D eigenvalue weighted by Gasteiger charge is 2.12. The Morgan fingerprint density at radius 1 is 1.25 bits per heavy atom. The lowest BCUT2D eigenvalue weighted by atomic mass is 10.2. The predicted octanol–water partition coefficient (Wildman–Crippen LogP) is 0.341. The van der Waals surface area contributed by atoms with Crippen molar-refractivity contribution < 1.29 is 9.59 Å². The molecule has 0 saturated carbocycles. The van der Waals surface area contributed by atoms with Crippen LogP contribution < -0.4 is 11.1 Å². The molecule has 0 aliphatic carbocycles. The second-order valence-electron chi connectivity index (χ2n) is 4.27. The summed E-state index contributed by atoms with van der Waals surface area (Å²) in [6.45, 7) is 0. The van der Waals surface area contributed by atoms with Gasteiger partial charge in [-0.1, -0.05) is 0 Å². The number of carbonyl (C=O) groups is 2. The largest absolute Gasteiger partial charge is 0.366 e. The summed E-state index contributed by atoms with van der Waals surface area (Å²) in [4.78, 5) is 28.7. The third kappa shape index (κ3) is 2.91. The second-order valence-corrected chi connectivity index (χ2v) is 4.27. The number of H-pyrrole nitrogens is 1. The minimum Gasteiger partial charge on any atom is -0.366 e. The summed E-state index contributed by atoms with van der Waals surface area (Å²) in [5.41, 5.74) is 6.40. The Balaban J connectivity index is 2.07. The van der Waals surface area contributed by atoms with Gasteiger partial charge in [0.25, 0.3) is 11.8 Å². The molecule has 1 heterocycles. The number of hydrogen-bond donors (Lipinski definition) is 3. The van der Waals surface area contributed by atoms with E-state index < -0.39 is 5.91 Å². The second kappa shape index (κ2) is 5.39. The van der Waals surface area contributed by atoms with Crippen molar-refractivity contribution in [2.45, 2.75) is 0 Å². The van der Waals surface area contributed by atoms with Crippen molar-refractivity contribution in [2.24, 2.45) is 0 Å². The fourth-order valence-electron chi connectivity index (χ4n) is 1.52. The van der Waals surface area contributed by atoms with E-state index in [-0.39, 0.29) is 17.7 Å². The number of rotatable bonds is 3. The molecule has 2 rings (SSSR count). The molecule has 8 heteroatoms. The highest BCUT2D eigenvalue weighted by molar-refractivity contribution is 6.02. The summed E-state index contributed by atoms with van der Waals surface area (Å²) < 4.78 is 0. The number of amides is 2. The van der Waals surface area contributed by atoms with E-state index >= 15 is 0 Å². The summed E-state index contributed by atoms with van der Waals surface area (Å²) in [6, 6.07) is 6.53. The zero-order valence-electron chi connectivity index (χ0n) is 11.0. The minimum absolute atomic E-state index is 0.00192. The van der Waals surface area contributed by atoms with E-state index in [1.807, 2.05) is 0 Å². The van der Waals surface area contributed by atoms with Gasteiger partial charge in [0.2, 0.25) is 11.8 Å². The highest BCUT2D eigenvalue weighted by Crippen LogP contribution is 2.11. The third-order valence-corrected chi connectivity index (χ3v) is 2.51. The number of nitrogens with one attached hydrogen (secondary N) is 2. The Bertz CT molecular complexity index is 632. The average molecular weight is 274 g/mol. The van der Waals surface area contributed by atoms with Gasteiger partial charge in [0, 0.05) is 25.3 Å². The van der Waals surface area contributed by atoms with Gasteiger partial charge >= 0.3 is 0 Å². The maximum Gasteiger partial charge on any atom is 0.293 e. The minimum atomic E-state index is -0.458. The fraction of sp³-hybridized carbons (Fsp3) is 0.167. The van der Waals surface area contributed by atoms with E-state index in [0.717, 1.165) is 0 Å². The standard InChI is InChI=1S/C12H14N6O2/c1-18(2)11(20)7-3-5-8(6-4-7)14-10(19)9-15-12(13)17-16-9/h3-6H,1-2H3,(H,14,19)(H3,13,15,16,17). The maximum atomic E-state index is 11.8. The van der Waals surface area contributed by atoms with Gasteiger partial charge in [-0.05, 0) is 24.3 Å². The van der Waals surface area contributed by atoms with E-state index in [2.05, 4.69) is 20.5 Å². The van der Waals surface area contributed by atoms with Crippen LogP contribution in [0.3, 0.4) is 0 Å². The lowest BCUT2D eigenvalue weighted by Gasteiger charge is -2.10. The predicted molar refractivity (Wildman–Crippen MR) is 73.2 cm³/mol. The molecular weight excluding hydrogens is 260 g/mol. The third-order valence-electron chi connectivity index (χ3n) is 2.51. The molecule has 0 radical (unpaired) electrons. The summed E-state index contributed by atoms with van der Waals surface area (Å²) >= 11 is 0. The van der Waals surface area contributed by atoms with Crippen LogP contribution in [0.2, 0.25) is 0 Å². The monoisotopic (exact) mass is 274 g/mol. The molecule has 0 unspecified atom stereocenters. The molecule has 0 atom stereocenters. The molecular formula is C12H14N6O2. The highest BCUT2D eigenvalue weighted by atomic mass is 16.2. The van der Waals surface area contributed by atoms with Gasteiger partial charge in [-0.15, -0.1) is 5.10 Å². The first-order valence-corrected chi connectivity index (χ1v) is 5.78. The van der Waals surface area contributed by atoms with Gasteiger partial charge in [0.1, 0.15) is 0 Å². The van der Waals surface area contributed by atoms with Crippen molar-refractivity contribution in [2.75, 3.05) is 25.1 Å². The lowest BCUT2D eigenvalue weighted by molar-refractivity contribution is 0.0827. The molecule has 20 heavy (non-hydrogen) atoms.